The Balaban J connectivity index is 2.56. The number of benzene rings is 2. The number of rotatable bonds is 3. The Morgan fingerprint density at radius 2 is 1.83 bits per heavy atom. The van der Waals surface area contributed by atoms with Gasteiger partial charge in [-0.3, -0.25) is 0 Å². The fourth-order valence-electron chi connectivity index (χ4n) is 2.77. The highest BCUT2D eigenvalue weighted by atomic mass is 35.5. The summed E-state index contributed by atoms with van der Waals surface area (Å²) in [6.45, 7) is 0. The van der Waals surface area contributed by atoms with E-state index < -0.39 is 11.8 Å². The summed E-state index contributed by atoms with van der Waals surface area (Å²) in [5.41, 5.74) is 1.64. The number of anilines is 1. The van der Waals surface area contributed by atoms with Crippen molar-refractivity contribution in [1.29, 1.82) is 0 Å². The highest BCUT2D eigenvalue weighted by Crippen LogP contribution is 2.40. The van der Waals surface area contributed by atoms with Crippen molar-refractivity contribution in [2.24, 2.45) is 0 Å². The molecule has 3 aromatic rings. The molecule has 0 unspecified atom stereocenters. The van der Waals surface area contributed by atoms with E-state index in [0.717, 1.165) is 0 Å². The molecule has 3 rings (SSSR count). The number of halogens is 2. The van der Waals surface area contributed by atoms with Crippen LogP contribution in [-0.4, -0.2) is 29.7 Å². The van der Waals surface area contributed by atoms with E-state index in [4.69, 9.17) is 11.6 Å². The number of aromatic carboxylic acids is 1. The lowest BCUT2D eigenvalue weighted by atomic mass is 10.2. The van der Waals surface area contributed by atoms with Gasteiger partial charge in [0.25, 0.3) is 0 Å². The molecular weight excluding hydrogens is 319 g/mol. The van der Waals surface area contributed by atoms with E-state index in [2.05, 4.69) is 0 Å². The average Bonchev–Trinajstić information content (AvgIpc) is 2.88. The van der Waals surface area contributed by atoms with Crippen molar-refractivity contribution in [2.45, 2.75) is 0 Å². The fourth-order valence-corrected chi connectivity index (χ4v) is 3.02. The van der Waals surface area contributed by atoms with Gasteiger partial charge < -0.3 is 14.6 Å². The molecule has 0 aliphatic rings. The molecular formula is C17H14ClFN2O2. The standard InChI is InChI=1S/C17H14ClFN2O2/c1-20(2)15-13-12(9-8-11(19)14(13)18)21(16(15)17(22)23)10-6-4-3-5-7-10/h3-9H,1-2H3,(H,22,23). The molecule has 0 radical (unpaired) electrons. The zero-order valence-corrected chi connectivity index (χ0v) is 13.3. The van der Waals surface area contributed by atoms with Crippen LogP contribution < -0.4 is 4.90 Å². The second kappa shape index (κ2) is 5.59. The number of carbonyl (C=O) groups is 1. The summed E-state index contributed by atoms with van der Waals surface area (Å²) in [4.78, 5) is 13.5. The third kappa shape index (κ3) is 2.33. The van der Waals surface area contributed by atoms with Crippen LogP contribution in [0.5, 0.6) is 0 Å². The number of aromatic nitrogens is 1. The maximum absolute atomic E-state index is 13.9. The van der Waals surface area contributed by atoms with Crippen molar-refractivity contribution in [3.8, 4) is 5.69 Å². The topological polar surface area (TPSA) is 45.5 Å². The monoisotopic (exact) mass is 332 g/mol. The van der Waals surface area contributed by atoms with Crippen LogP contribution in [0.1, 0.15) is 10.5 Å². The van der Waals surface area contributed by atoms with Gasteiger partial charge in [0.1, 0.15) is 5.82 Å². The summed E-state index contributed by atoms with van der Waals surface area (Å²) < 4.78 is 15.5. The first-order valence-electron chi connectivity index (χ1n) is 6.92. The van der Waals surface area contributed by atoms with E-state index in [1.54, 1.807) is 41.8 Å². The van der Waals surface area contributed by atoms with Gasteiger partial charge in [0.2, 0.25) is 0 Å². The van der Waals surface area contributed by atoms with Crippen LogP contribution >= 0.6 is 11.6 Å². The largest absolute Gasteiger partial charge is 0.476 e. The van der Waals surface area contributed by atoms with Crippen molar-refractivity contribution in [2.75, 3.05) is 19.0 Å². The first-order chi connectivity index (χ1) is 10.9. The predicted molar refractivity (Wildman–Crippen MR) is 89.5 cm³/mol. The van der Waals surface area contributed by atoms with Gasteiger partial charge in [-0.1, -0.05) is 29.8 Å². The molecule has 23 heavy (non-hydrogen) atoms. The molecule has 118 valence electrons. The van der Waals surface area contributed by atoms with E-state index in [0.29, 0.717) is 22.3 Å². The summed E-state index contributed by atoms with van der Waals surface area (Å²) in [6.07, 6.45) is 0. The second-order valence-corrected chi connectivity index (χ2v) is 5.70. The number of carboxylic acids is 1. The van der Waals surface area contributed by atoms with Gasteiger partial charge in [0.05, 0.1) is 16.2 Å². The molecule has 0 fully saturated rings. The van der Waals surface area contributed by atoms with Gasteiger partial charge in [0, 0.05) is 25.2 Å². The number of hydrogen-bond donors (Lipinski definition) is 1. The fraction of sp³-hybridized carbons (Fsp3) is 0.118. The maximum Gasteiger partial charge on any atom is 0.355 e. The quantitative estimate of drug-likeness (QED) is 0.782. The summed E-state index contributed by atoms with van der Waals surface area (Å²) in [5, 5.41) is 10.0. The molecule has 0 bridgehead atoms. The minimum Gasteiger partial charge on any atom is -0.476 e. The van der Waals surface area contributed by atoms with Gasteiger partial charge in [-0.25, -0.2) is 9.18 Å². The van der Waals surface area contributed by atoms with Gasteiger partial charge in [-0.2, -0.15) is 0 Å². The van der Waals surface area contributed by atoms with Crippen molar-refractivity contribution in [3.63, 3.8) is 0 Å². The third-order valence-electron chi connectivity index (χ3n) is 3.66. The summed E-state index contributed by atoms with van der Waals surface area (Å²) in [7, 11) is 3.41. The molecule has 1 N–H and O–H groups in total. The SMILES string of the molecule is CN(C)c1c(C(=O)O)n(-c2ccccc2)c2ccc(F)c(Cl)c12. The zero-order valence-electron chi connectivity index (χ0n) is 12.5. The average molecular weight is 333 g/mol. The van der Waals surface area contributed by atoms with E-state index in [-0.39, 0.29) is 10.7 Å². The van der Waals surface area contributed by atoms with Crippen molar-refractivity contribution in [3.05, 3.63) is 59.0 Å². The second-order valence-electron chi connectivity index (χ2n) is 5.32. The van der Waals surface area contributed by atoms with Crippen LogP contribution in [0, 0.1) is 5.82 Å². The number of hydrogen-bond acceptors (Lipinski definition) is 2. The zero-order chi connectivity index (χ0) is 16.7. The lowest BCUT2D eigenvalue weighted by Gasteiger charge is -2.14. The molecule has 1 heterocycles. The molecule has 0 aliphatic heterocycles. The maximum atomic E-state index is 13.9. The molecule has 0 atom stereocenters. The Kier molecular flexibility index (Phi) is 3.74. The minimum absolute atomic E-state index is 0.0451. The Bertz CT molecular complexity index is 904. The normalized spacial score (nSPS) is 11.0. The first kappa shape index (κ1) is 15.4. The van der Waals surface area contributed by atoms with Gasteiger partial charge >= 0.3 is 5.97 Å². The number of fused-ring (bicyclic) bond motifs is 1. The molecule has 0 aliphatic carbocycles. The number of carboxylic acid groups (broad SMARTS) is 1. The van der Waals surface area contributed by atoms with Gasteiger partial charge in [-0.05, 0) is 24.3 Å². The number of para-hydroxylation sites is 1. The predicted octanol–water partition coefficient (Wildman–Crippen LogP) is 4.19. The summed E-state index contributed by atoms with van der Waals surface area (Å²) >= 11 is 6.14. The number of nitrogens with zero attached hydrogens (tertiary/aromatic N) is 2. The third-order valence-corrected chi connectivity index (χ3v) is 4.03. The molecule has 2 aromatic carbocycles. The van der Waals surface area contributed by atoms with Crippen LogP contribution in [0.3, 0.4) is 0 Å². The molecule has 0 amide bonds. The molecule has 0 spiro atoms. The van der Waals surface area contributed by atoms with E-state index in [1.807, 2.05) is 18.2 Å². The molecule has 0 saturated carbocycles. The van der Waals surface area contributed by atoms with Crippen molar-refractivity contribution in [1.82, 2.24) is 4.57 Å². The molecule has 6 heteroatoms. The van der Waals surface area contributed by atoms with Crippen LogP contribution in [-0.2, 0) is 0 Å². The molecule has 1 aromatic heterocycles. The Morgan fingerprint density at radius 3 is 2.39 bits per heavy atom. The van der Waals surface area contributed by atoms with Crippen LogP contribution in [0.25, 0.3) is 16.6 Å². The van der Waals surface area contributed by atoms with Crippen molar-refractivity contribution < 1.29 is 14.3 Å². The smallest absolute Gasteiger partial charge is 0.355 e. The lowest BCUT2D eigenvalue weighted by Crippen LogP contribution is -2.15. The van der Waals surface area contributed by atoms with Crippen LogP contribution in [0.15, 0.2) is 42.5 Å². The Morgan fingerprint density at radius 1 is 1.17 bits per heavy atom. The minimum atomic E-state index is -1.11. The Hall–Kier alpha value is -2.53. The van der Waals surface area contributed by atoms with Gasteiger partial charge in [0.15, 0.2) is 5.69 Å². The first-order valence-corrected chi connectivity index (χ1v) is 7.29. The van der Waals surface area contributed by atoms with Crippen molar-refractivity contribution >= 4 is 34.2 Å². The van der Waals surface area contributed by atoms with Gasteiger partial charge in [-0.15, -0.1) is 0 Å². The summed E-state index contributed by atoms with van der Waals surface area (Å²) in [5.74, 6) is -1.69. The van der Waals surface area contributed by atoms with E-state index >= 15 is 0 Å². The van der Waals surface area contributed by atoms with E-state index in [9.17, 15) is 14.3 Å². The van der Waals surface area contributed by atoms with E-state index in [1.165, 1.54) is 6.07 Å². The highest BCUT2D eigenvalue weighted by molar-refractivity contribution is 6.37. The van der Waals surface area contributed by atoms with Crippen LogP contribution in [0.2, 0.25) is 5.02 Å². The molecule has 4 nitrogen and oxygen atoms in total. The van der Waals surface area contributed by atoms with Crippen LogP contribution in [0.4, 0.5) is 10.1 Å². The lowest BCUT2D eigenvalue weighted by molar-refractivity contribution is 0.0689. The molecule has 0 saturated heterocycles. The summed E-state index contributed by atoms with van der Waals surface area (Å²) in [6, 6.07) is 11.8. The Labute approximate surface area is 137 Å². The highest BCUT2D eigenvalue weighted by Gasteiger charge is 2.27.